The number of amides is 1. The maximum atomic E-state index is 14.2. The lowest BCUT2D eigenvalue weighted by molar-refractivity contribution is -0.179. The maximum Gasteiger partial charge on any atom is 0.256 e. The molecule has 0 N–H and O–H groups in total. The second-order valence-electron chi connectivity index (χ2n) is 7.15. The van der Waals surface area contributed by atoms with Gasteiger partial charge in [0.2, 0.25) is 10.0 Å². The second kappa shape index (κ2) is 7.12. The van der Waals surface area contributed by atoms with Gasteiger partial charge in [0.1, 0.15) is 5.82 Å². The van der Waals surface area contributed by atoms with E-state index in [1.165, 1.54) is 10.4 Å². The van der Waals surface area contributed by atoms with Crippen molar-refractivity contribution < 1.29 is 27.1 Å². The van der Waals surface area contributed by atoms with E-state index in [4.69, 9.17) is 9.47 Å². The molecule has 3 heterocycles. The minimum absolute atomic E-state index is 0.0596. The predicted molar refractivity (Wildman–Crippen MR) is 94.2 cm³/mol. The summed E-state index contributed by atoms with van der Waals surface area (Å²) in [4.78, 5) is 14.0. The molecule has 1 aromatic rings. The van der Waals surface area contributed by atoms with Crippen LogP contribution < -0.4 is 0 Å². The van der Waals surface area contributed by atoms with Crippen LogP contribution in [0.1, 0.15) is 36.0 Å². The topological polar surface area (TPSA) is 76.2 Å². The molecule has 1 amide bonds. The van der Waals surface area contributed by atoms with Crippen molar-refractivity contribution in [3.63, 3.8) is 0 Å². The minimum Gasteiger partial charge on any atom is -0.347 e. The smallest absolute Gasteiger partial charge is 0.256 e. The molecule has 0 saturated carbocycles. The van der Waals surface area contributed by atoms with E-state index in [0.717, 1.165) is 25.0 Å². The number of carbonyl (C=O) groups excluding carboxylic acids is 1. The summed E-state index contributed by atoms with van der Waals surface area (Å²) in [5.74, 6) is -1.82. The van der Waals surface area contributed by atoms with Gasteiger partial charge >= 0.3 is 0 Å². The molecule has 1 spiro atoms. The van der Waals surface area contributed by atoms with E-state index in [1.54, 1.807) is 4.90 Å². The number of rotatable bonds is 3. The van der Waals surface area contributed by atoms with Gasteiger partial charge in [-0.3, -0.25) is 4.79 Å². The van der Waals surface area contributed by atoms with Gasteiger partial charge in [-0.25, -0.2) is 12.8 Å². The largest absolute Gasteiger partial charge is 0.347 e. The van der Waals surface area contributed by atoms with Gasteiger partial charge in [-0.05, 0) is 31.0 Å². The fraction of sp³-hybridized carbons (Fsp3) is 0.611. The fourth-order valence-electron chi connectivity index (χ4n) is 3.92. The minimum atomic E-state index is -3.82. The Morgan fingerprint density at radius 3 is 2.30 bits per heavy atom. The molecule has 3 aliphatic rings. The summed E-state index contributed by atoms with van der Waals surface area (Å²) in [6, 6.07) is 3.45. The van der Waals surface area contributed by atoms with Crippen LogP contribution in [0.2, 0.25) is 0 Å². The van der Waals surface area contributed by atoms with Crippen LogP contribution in [0.3, 0.4) is 0 Å². The summed E-state index contributed by atoms with van der Waals surface area (Å²) >= 11 is 0. The standard InChI is InChI=1S/C18H23FN2O5S/c19-16-4-3-14(13-15(16)17(22)20-7-1-2-8-20)27(23,24)21-9-5-18(6-10-21)25-11-12-26-18/h3-4,13H,1-2,5-12H2. The number of sulfonamides is 1. The van der Waals surface area contributed by atoms with Crippen molar-refractivity contribution in [1.29, 1.82) is 0 Å². The van der Waals surface area contributed by atoms with Gasteiger partial charge in [0.15, 0.2) is 5.79 Å². The molecular formula is C18H23FN2O5S. The van der Waals surface area contributed by atoms with Crippen molar-refractivity contribution in [3.05, 3.63) is 29.6 Å². The Kier molecular flexibility index (Phi) is 4.96. The summed E-state index contributed by atoms with van der Waals surface area (Å²) in [6.07, 6.45) is 2.66. The first-order chi connectivity index (χ1) is 12.9. The SMILES string of the molecule is O=C(c1cc(S(=O)(=O)N2CCC3(CC2)OCCO3)ccc1F)N1CCCC1. The number of piperidine rings is 1. The van der Waals surface area contributed by atoms with E-state index in [1.807, 2.05) is 0 Å². The highest BCUT2D eigenvalue weighted by molar-refractivity contribution is 7.89. The van der Waals surface area contributed by atoms with Crippen LogP contribution in [0.15, 0.2) is 23.1 Å². The second-order valence-corrected chi connectivity index (χ2v) is 9.09. The summed E-state index contributed by atoms with van der Waals surface area (Å²) in [6.45, 7) is 2.70. The zero-order valence-electron chi connectivity index (χ0n) is 15.0. The summed E-state index contributed by atoms with van der Waals surface area (Å²) < 4.78 is 52.8. The van der Waals surface area contributed by atoms with Crippen molar-refractivity contribution in [2.75, 3.05) is 39.4 Å². The monoisotopic (exact) mass is 398 g/mol. The lowest BCUT2D eigenvalue weighted by Gasteiger charge is -2.36. The van der Waals surface area contributed by atoms with Crippen molar-refractivity contribution in [3.8, 4) is 0 Å². The number of likely N-dealkylation sites (tertiary alicyclic amines) is 1. The van der Waals surface area contributed by atoms with E-state index in [2.05, 4.69) is 0 Å². The summed E-state index contributed by atoms with van der Waals surface area (Å²) in [5, 5.41) is 0. The zero-order valence-corrected chi connectivity index (χ0v) is 15.8. The number of hydrogen-bond donors (Lipinski definition) is 0. The van der Waals surface area contributed by atoms with Crippen LogP contribution in [0, 0.1) is 5.82 Å². The van der Waals surface area contributed by atoms with E-state index in [9.17, 15) is 17.6 Å². The highest BCUT2D eigenvalue weighted by Gasteiger charge is 2.42. The number of halogens is 1. The molecular weight excluding hydrogens is 375 g/mol. The van der Waals surface area contributed by atoms with E-state index in [-0.39, 0.29) is 23.5 Å². The third-order valence-electron chi connectivity index (χ3n) is 5.50. The van der Waals surface area contributed by atoms with Crippen molar-refractivity contribution in [1.82, 2.24) is 9.21 Å². The third-order valence-corrected chi connectivity index (χ3v) is 7.39. The highest BCUT2D eigenvalue weighted by Crippen LogP contribution is 2.33. The van der Waals surface area contributed by atoms with Crippen LogP contribution in [-0.4, -0.2) is 68.7 Å². The van der Waals surface area contributed by atoms with Gasteiger partial charge in [0.25, 0.3) is 5.91 Å². The fourth-order valence-corrected chi connectivity index (χ4v) is 5.39. The van der Waals surface area contributed by atoms with E-state index < -0.39 is 27.5 Å². The van der Waals surface area contributed by atoms with E-state index >= 15 is 0 Å². The quantitative estimate of drug-likeness (QED) is 0.773. The number of nitrogens with zero attached hydrogens (tertiary/aromatic N) is 2. The maximum absolute atomic E-state index is 14.2. The van der Waals surface area contributed by atoms with Gasteiger partial charge in [-0.1, -0.05) is 0 Å². The lowest BCUT2D eigenvalue weighted by atomic mass is 10.1. The lowest BCUT2D eigenvalue weighted by Crippen LogP contribution is -2.47. The Balaban J connectivity index is 1.55. The van der Waals surface area contributed by atoms with Crippen LogP contribution in [0.4, 0.5) is 4.39 Å². The van der Waals surface area contributed by atoms with Gasteiger partial charge in [-0.2, -0.15) is 4.31 Å². The number of carbonyl (C=O) groups is 1. The Labute approximate surface area is 158 Å². The Bertz CT molecular complexity index is 822. The number of hydrogen-bond acceptors (Lipinski definition) is 5. The third kappa shape index (κ3) is 3.49. The number of benzene rings is 1. The van der Waals surface area contributed by atoms with Crippen molar-refractivity contribution in [2.24, 2.45) is 0 Å². The highest BCUT2D eigenvalue weighted by atomic mass is 32.2. The molecule has 148 valence electrons. The van der Waals surface area contributed by atoms with Crippen molar-refractivity contribution >= 4 is 15.9 Å². The average Bonchev–Trinajstić information content (AvgIpc) is 3.34. The molecule has 7 nitrogen and oxygen atoms in total. The number of ether oxygens (including phenoxy) is 2. The molecule has 3 fully saturated rings. The molecule has 0 bridgehead atoms. The first-order valence-electron chi connectivity index (χ1n) is 9.28. The molecule has 3 aliphatic heterocycles. The van der Waals surface area contributed by atoms with Crippen LogP contribution >= 0.6 is 0 Å². The van der Waals surface area contributed by atoms with Gasteiger partial charge in [0, 0.05) is 39.0 Å². The first kappa shape index (κ1) is 18.8. The molecule has 0 radical (unpaired) electrons. The Morgan fingerprint density at radius 1 is 1.04 bits per heavy atom. The molecule has 4 rings (SSSR count). The molecule has 0 aromatic heterocycles. The van der Waals surface area contributed by atoms with Gasteiger partial charge < -0.3 is 14.4 Å². The van der Waals surface area contributed by atoms with Gasteiger partial charge in [-0.15, -0.1) is 0 Å². The van der Waals surface area contributed by atoms with Crippen LogP contribution in [0.5, 0.6) is 0 Å². The Hall–Kier alpha value is -1.55. The molecule has 0 unspecified atom stereocenters. The van der Waals surface area contributed by atoms with Crippen LogP contribution in [0.25, 0.3) is 0 Å². The predicted octanol–water partition coefficient (Wildman–Crippen LogP) is 1.59. The zero-order chi connectivity index (χ0) is 19.1. The molecule has 9 heteroatoms. The first-order valence-corrected chi connectivity index (χ1v) is 10.7. The molecule has 27 heavy (non-hydrogen) atoms. The summed E-state index contributed by atoms with van der Waals surface area (Å²) in [7, 11) is -3.82. The summed E-state index contributed by atoms with van der Waals surface area (Å²) in [5.41, 5.74) is -0.186. The Morgan fingerprint density at radius 2 is 1.67 bits per heavy atom. The average molecular weight is 398 g/mol. The molecule has 0 atom stereocenters. The van der Waals surface area contributed by atoms with Crippen molar-refractivity contribution in [2.45, 2.75) is 36.4 Å². The molecule has 1 aromatic carbocycles. The normalized spacial score (nSPS) is 23.2. The molecule has 3 saturated heterocycles. The van der Waals surface area contributed by atoms with Gasteiger partial charge in [0.05, 0.1) is 23.7 Å². The molecule has 0 aliphatic carbocycles. The van der Waals surface area contributed by atoms with E-state index in [0.29, 0.717) is 39.1 Å². The van der Waals surface area contributed by atoms with Crippen LogP contribution in [-0.2, 0) is 19.5 Å².